The Kier molecular flexibility index (Phi) is 3.46. The third-order valence-corrected chi connectivity index (χ3v) is 1.96. The summed E-state index contributed by atoms with van der Waals surface area (Å²) in [5, 5.41) is 7.36. The van der Waals surface area contributed by atoms with E-state index >= 15 is 0 Å². The zero-order valence-electron chi connectivity index (χ0n) is 7.59. The molecule has 70 valence electrons. The average Bonchev–Trinajstić information content (AvgIpc) is 2.15. The molecule has 0 spiro atoms. The van der Waals surface area contributed by atoms with Gasteiger partial charge in [-0.25, -0.2) is 0 Å². The van der Waals surface area contributed by atoms with Gasteiger partial charge in [-0.1, -0.05) is 24.3 Å². The number of nitrogens with two attached hydrogens (primary N) is 2. The summed E-state index contributed by atoms with van der Waals surface area (Å²) in [6.07, 6.45) is 1.83. The highest BCUT2D eigenvalue weighted by atomic mass is 14.7. The fourth-order valence-electron chi connectivity index (χ4n) is 1.29. The molecule has 0 amide bonds. The van der Waals surface area contributed by atoms with E-state index in [-0.39, 0.29) is 5.84 Å². The van der Waals surface area contributed by atoms with Gasteiger partial charge in [0, 0.05) is 5.56 Å². The summed E-state index contributed by atoms with van der Waals surface area (Å²) in [4.78, 5) is 0. The Hall–Kier alpha value is -1.35. The van der Waals surface area contributed by atoms with Crippen molar-refractivity contribution >= 4 is 5.84 Å². The maximum absolute atomic E-state index is 7.36. The minimum atomic E-state index is 0.132. The van der Waals surface area contributed by atoms with Crippen LogP contribution in [0.5, 0.6) is 0 Å². The molecule has 0 aliphatic carbocycles. The molecule has 0 unspecified atom stereocenters. The second-order valence-corrected chi connectivity index (χ2v) is 2.96. The second kappa shape index (κ2) is 4.62. The molecule has 0 bridgehead atoms. The number of rotatable bonds is 4. The summed E-state index contributed by atoms with van der Waals surface area (Å²) >= 11 is 0. The lowest BCUT2D eigenvalue weighted by Gasteiger charge is -2.06. The highest BCUT2D eigenvalue weighted by Gasteiger charge is 2.02. The van der Waals surface area contributed by atoms with Crippen LogP contribution in [0.15, 0.2) is 24.3 Å². The normalized spacial score (nSPS) is 9.92. The van der Waals surface area contributed by atoms with Crippen LogP contribution in [0.3, 0.4) is 0 Å². The maximum atomic E-state index is 7.36. The van der Waals surface area contributed by atoms with E-state index in [1.54, 1.807) is 0 Å². The van der Waals surface area contributed by atoms with E-state index in [2.05, 4.69) is 0 Å². The quantitative estimate of drug-likeness (QED) is 0.471. The first kappa shape index (κ1) is 9.74. The van der Waals surface area contributed by atoms with Crippen molar-refractivity contribution in [3.8, 4) is 0 Å². The number of hydrogen-bond acceptors (Lipinski definition) is 2. The van der Waals surface area contributed by atoms with Crippen LogP contribution in [0.1, 0.15) is 17.5 Å². The molecule has 0 atom stereocenters. The molecule has 1 aromatic carbocycles. The van der Waals surface area contributed by atoms with E-state index in [4.69, 9.17) is 16.9 Å². The Morgan fingerprint density at radius 1 is 1.31 bits per heavy atom. The lowest BCUT2D eigenvalue weighted by atomic mass is 10.0. The molecule has 0 saturated heterocycles. The lowest BCUT2D eigenvalue weighted by Crippen LogP contribution is -2.14. The molecule has 0 radical (unpaired) electrons. The number of benzene rings is 1. The Labute approximate surface area is 78.3 Å². The molecule has 1 rings (SSSR count). The minimum absolute atomic E-state index is 0.132. The minimum Gasteiger partial charge on any atom is -0.384 e. The van der Waals surface area contributed by atoms with E-state index < -0.39 is 0 Å². The SMILES string of the molecule is N=C(N)c1ccccc1CCCN. The Bertz CT molecular complexity index is 294. The predicted octanol–water partition coefficient (Wildman–Crippen LogP) is 0.862. The maximum Gasteiger partial charge on any atom is 0.123 e. The molecular weight excluding hydrogens is 162 g/mol. The summed E-state index contributed by atoms with van der Waals surface area (Å²) in [6, 6.07) is 7.71. The topological polar surface area (TPSA) is 75.9 Å². The van der Waals surface area contributed by atoms with Crippen LogP contribution in [0.2, 0.25) is 0 Å². The van der Waals surface area contributed by atoms with Crippen molar-refractivity contribution in [2.75, 3.05) is 6.54 Å². The third kappa shape index (κ3) is 2.56. The smallest absolute Gasteiger partial charge is 0.123 e. The van der Waals surface area contributed by atoms with Crippen molar-refractivity contribution in [3.05, 3.63) is 35.4 Å². The van der Waals surface area contributed by atoms with Gasteiger partial charge in [-0.2, -0.15) is 0 Å². The standard InChI is InChI=1S/C10H15N3/c11-7-3-5-8-4-1-2-6-9(8)10(12)13/h1-2,4,6H,3,5,7,11H2,(H3,12,13). The van der Waals surface area contributed by atoms with Gasteiger partial charge in [-0.15, -0.1) is 0 Å². The summed E-state index contributed by atoms with van der Waals surface area (Å²) < 4.78 is 0. The number of aryl methyl sites for hydroxylation is 1. The first-order chi connectivity index (χ1) is 6.25. The van der Waals surface area contributed by atoms with E-state index in [0.29, 0.717) is 6.54 Å². The van der Waals surface area contributed by atoms with Gasteiger partial charge in [0.1, 0.15) is 5.84 Å². The first-order valence-corrected chi connectivity index (χ1v) is 4.38. The lowest BCUT2D eigenvalue weighted by molar-refractivity contribution is 0.831. The number of nitrogen functional groups attached to an aromatic ring is 1. The Morgan fingerprint density at radius 3 is 2.62 bits per heavy atom. The molecule has 3 heteroatoms. The Morgan fingerprint density at radius 2 is 2.00 bits per heavy atom. The van der Waals surface area contributed by atoms with Crippen molar-refractivity contribution in [1.29, 1.82) is 5.41 Å². The largest absolute Gasteiger partial charge is 0.384 e. The van der Waals surface area contributed by atoms with Crippen LogP contribution < -0.4 is 11.5 Å². The van der Waals surface area contributed by atoms with Gasteiger partial charge in [0.2, 0.25) is 0 Å². The molecule has 1 aromatic rings. The molecule has 5 N–H and O–H groups in total. The van der Waals surface area contributed by atoms with E-state index in [1.165, 1.54) is 0 Å². The highest BCUT2D eigenvalue weighted by molar-refractivity contribution is 5.96. The molecule has 0 aliphatic heterocycles. The second-order valence-electron chi connectivity index (χ2n) is 2.96. The molecule has 0 heterocycles. The number of hydrogen-bond donors (Lipinski definition) is 3. The van der Waals surface area contributed by atoms with Crippen LogP contribution in [0, 0.1) is 5.41 Å². The number of nitrogens with one attached hydrogen (secondary N) is 1. The van der Waals surface area contributed by atoms with Crippen molar-refractivity contribution in [3.63, 3.8) is 0 Å². The van der Waals surface area contributed by atoms with Gasteiger partial charge < -0.3 is 11.5 Å². The average molecular weight is 177 g/mol. The van der Waals surface area contributed by atoms with Crippen molar-refractivity contribution in [1.82, 2.24) is 0 Å². The zero-order chi connectivity index (χ0) is 9.68. The van der Waals surface area contributed by atoms with Crippen LogP contribution in [-0.2, 0) is 6.42 Å². The molecule has 0 saturated carbocycles. The van der Waals surface area contributed by atoms with Gasteiger partial charge in [-0.3, -0.25) is 5.41 Å². The molecule has 13 heavy (non-hydrogen) atoms. The van der Waals surface area contributed by atoms with Gasteiger partial charge >= 0.3 is 0 Å². The van der Waals surface area contributed by atoms with Gasteiger partial charge in [0.15, 0.2) is 0 Å². The van der Waals surface area contributed by atoms with Crippen LogP contribution >= 0.6 is 0 Å². The van der Waals surface area contributed by atoms with Crippen LogP contribution in [0.4, 0.5) is 0 Å². The summed E-state index contributed by atoms with van der Waals surface area (Å²) in [6.45, 7) is 0.673. The molecule has 0 fully saturated rings. The fraction of sp³-hybridized carbons (Fsp3) is 0.300. The van der Waals surface area contributed by atoms with E-state index in [9.17, 15) is 0 Å². The monoisotopic (exact) mass is 177 g/mol. The van der Waals surface area contributed by atoms with Crippen LogP contribution in [-0.4, -0.2) is 12.4 Å². The predicted molar refractivity (Wildman–Crippen MR) is 54.8 cm³/mol. The fourth-order valence-corrected chi connectivity index (χ4v) is 1.29. The summed E-state index contributed by atoms with van der Waals surface area (Å²) in [5.41, 5.74) is 12.8. The van der Waals surface area contributed by atoms with Crippen molar-refractivity contribution < 1.29 is 0 Å². The molecule has 0 aliphatic rings. The van der Waals surface area contributed by atoms with Gasteiger partial charge in [-0.05, 0) is 24.9 Å². The third-order valence-electron chi connectivity index (χ3n) is 1.96. The number of amidine groups is 1. The summed E-state index contributed by atoms with van der Waals surface area (Å²) in [7, 11) is 0. The Balaban J connectivity index is 2.84. The van der Waals surface area contributed by atoms with Crippen molar-refractivity contribution in [2.24, 2.45) is 11.5 Å². The van der Waals surface area contributed by atoms with Gasteiger partial charge in [0.05, 0.1) is 0 Å². The summed E-state index contributed by atoms with van der Waals surface area (Å²) in [5.74, 6) is 0.132. The van der Waals surface area contributed by atoms with E-state index in [0.717, 1.165) is 24.0 Å². The van der Waals surface area contributed by atoms with Gasteiger partial charge in [0.25, 0.3) is 0 Å². The van der Waals surface area contributed by atoms with Crippen molar-refractivity contribution in [2.45, 2.75) is 12.8 Å². The zero-order valence-corrected chi connectivity index (χ0v) is 7.59. The molecule has 3 nitrogen and oxygen atoms in total. The first-order valence-electron chi connectivity index (χ1n) is 4.38. The highest BCUT2D eigenvalue weighted by Crippen LogP contribution is 2.09. The molecular formula is C10H15N3. The van der Waals surface area contributed by atoms with E-state index in [1.807, 2.05) is 24.3 Å². The van der Waals surface area contributed by atoms with Crippen LogP contribution in [0.25, 0.3) is 0 Å². The molecule has 0 aromatic heterocycles.